The molecule has 4 nitrogen and oxygen atoms in total. The fourth-order valence-electron chi connectivity index (χ4n) is 2.43. The van der Waals surface area contributed by atoms with Gasteiger partial charge < -0.3 is 15.4 Å². The van der Waals surface area contributed by atoms with Gasteiger partial charge in [0.2, 0.25) is 0 Å². The third-order valence-electron chi connectivity index (χ3n) is 3.27. The molecular formula is C13H15BrN2O2S. The summed E-state index contributed by atoms with van der Waals surface area (Å²) in [5, 5.41) is 0. The largest absolute Gasteiger partial charge is 0.467 e. The number of esters is 1. The average molecular weight is 343 g/mol. The normalized spacial score (nSPS) is 18.4. The average Bonchev–Trinajstić information content (AvgIpc) is 2.86. The van der Waals surface area contributed by atoms with Crippen molar-refractivity contribution in [2.24, 2.45) is 5.73 Å². The number of hydrogen-bond acceptors (Lipinski definition) is 4. The highest BCUT2D eigenvalue weighted by Crippen LogP contribution is 2.33. The maximum Gasteiger partial charge on any atom is 0.328 e. The van der Waals surface area contributed by atoms with Gasteiger partial charge in [-0.2, -0.15) is 0 Å². The van der Waals surface area contributed by atoms with Crippen molar-refractivity contribution in [2.45, 2.75) is 18.9 Å². The Morgan fingerprint density at radius 2 is 2.32 bits per heavy atom. The molecule has 1 fully saturated rings. The lowest BCUT2D eigenvalue weighted by Gasteiger charge is -2.27. The molecule has 0 saturated carbocycles. The third-order valence-corrected chi connectivity index (χ3v) is 4.14. The van der Waals surface area contributed by atoms with Crippen molar-refractivity contribution in [3.8, 4) is 0 Å². The summed E-state index contributed by atoms with van der Waals surface area (Å²) in [6.45, 7) is 0.797. The quantitative estimate of drug-likeness (QED) is 0.674. The molecule has 0 aromatic heterocycles. The van der Waals surface area contributed by atoms with Crippen LogP contribution in [0.2, 0.25) is 0 Å². The Balaban J connectivity index is 2.44. The predicted molar refractivity (Wildman–Crippen MR) is 82.4 cm³/mol. The molecule has 0 radical (unpaired) electrons. The number of anilines is 1. The summed E-state index contributed by atoms with van der Waals surface area (Å²) in [5.74, 6) is -0.216. The van der Waals surface area contributed by atoms with Gasteiger partial charge in [0.25, 0.3) is 0 Å². The highest BCUT2D eigenvalue weighted by atomic mass is 79.9. The first kappa shape index (κ1) is 14.3. The number of thiocarbonyl (C=S) groups is 1. The van der Waals surface area contributed by atoms with Gasteiger partial charge in [0, 0.05) is 22.3 Å². The minimum absolute atomic E-state index is 0.216. The van der Waals surface area contributed by atoms with Crippen LogP contribution in [-0.2, 0) is 9.53 Å². The van der Waals surface area contributed by atoms with Gasteiger partial charge >= 0.3 is 5.97 Å². The second-order valence-corrected chi connectivity index (χ2v) is 5.67. The molecule has 1 aliphatic rings. The topological polar surface area (TPSA) is 55.6 Å². The first-order valence-corrected chi connectivity index (χ1v) is 7.19. The minimum Gasteiger partial charge on any atom is -0.467 e. The molecule has 0 amide bonds. The van der Waals surface area contributed by atoms with E-state index in [1.165, 1.54) is 7.11 Å². The number of nitrogens with zero attached hydrogens (tertiary/aromatic N) is 1. The third kappa shape index (κ3) is 2.74. The van der Waals surface area contributed by atoms with Gasteiger partial charge in [-0.15, -0.1) is 0 Å². The number of halogens is 1. The number of ether oxygens (including phenoxy) is 1. The summed E-state index contributed by atoms with van der Waals surface area (Å²) < 4.78 is 5.70. The standard InChI is InChI=1S/C13H15BrN2O2S/c1-18-13(17)10-6-3-7-16(10)9-5-2-4-8(14)11(9)12(15)19/h2,4-5,10H,3,6-7H2,1H3,(H2,15,19). The Hall–Kier alpha value is -1.14. The van der Waals surface area contributed by atoms with E-state index < -0.39 is 0 Å². The zero-order valence-corrected chi connectivity index (χ0v) is 13.0. The van der Waals surface area contributed by atoms with Crippen LogP contribution >= 0.6 is 28.1 Å². The number of benzene rings is 1. The van der Waals surface area contributed by atoms with E-state index in [9.17, 15) is 4.79 Å². The second-order valence-electron chi connectivity index (χ2n) is 4.37. The highest BCUT2D eigenvalue weighted by Gasteiger charge is 2.33. The van der Waals surface area contributed by atoms with E-state index in [1.807, 2.05) is 23.1 Å². The smallest absolute Gasteiger partial charge is 0.328 e. The van der Waals surface area contributed by atoms with Crippen molar-refractivity contribution in [1.82, 2.24) is 0 Å². The molecule has 2 N–H and O–H groups in total. The lowest BCUT2D eigenvalue weighted by molar-refractivity contribution is -0.141. The molecule has 0 bridgehead atoms. The lowest BCUT2D eigenvalue weighted by atomic mass is 10.1. The van der Waals surface area contributed by atoms with Crippen LogP contribution in [0, 0.1) is 0 Å². The number of hydrogen-bond donors (Lipinski definition) is 1. The van der Waals surface area contributed by atoms with Gasteiger partial charge in [0.15, 0.2) is 0 Å². The molecule has 1 saturated heterocycles. The van der Waals surface area contributed by atoms with E-state index in [0.29, 0.717) is 4.99 Å². The zero-order chi connectivity index (χ0) is 14.0. The van der Waals surface area contributed by atoms with Gasteiger partial charge in [-0.05, 0) is 40.9 Å². The van der Waals surface area contributed by atoms with E-state index in [4.69, 9.17) is 22.7 Å². The van der Waals surface area contributed by atoms with Crippen LogP contribution in [0.1, 0.15) is 18.4 Å². The summed E-state index contributed by atoms with van der Waals surface area (Å²) in [4.78, 5) is 14.2. The van der Waals surface area contributed by atoms with Crippen LogP contribution in [0.3, 0.4) is 0 Å². The molecular weight excluding hydrogens is 328 g/mol. The predicted octanol–water partition coefficient (Wildman–Crippen LogP) is 2.23. The van der Waals surface area contributed by atoms with Crippen LogP contribution in [0.25, 0.3) is 0 Å². The van der Waals surface area contributed by atoms with Crippen molar-refractivity contribution in [1.29, 1.82) is 0 Å². The molecule has 0 spiro atoms. The van der Waals surface area contributed by atoms with Gasteiger partial charge in [0.05, 0.1) is 7.11 Å². The summed E-state index contributed by atoms with van der Waals surface area (Å²) >= 11 is 8.57. The maximum absolute atomic E-state index is 11.8. The van der Waals surface area contributed by atoms with E-state index in [0.717, 1.165) is 35.1 Å². The van der Waals surface area contributed by atoms with Crippen molar-refractivity contribution in [3.63, 3.8) is 0 Å². The SMILES string of the molecule is COC(=O)C1CCCN1c1cccc(Br)c1C(N)=S. The number of carbonyl (C=O) groups excluding carboxylic acids is 1. The van der Waals surface area contributed by atoms with E-state index in [1.54, 1.807) is 0 Å². The summed E-state index contributed by atoms with van der Waals surface area (Å²) in [6.07, 6.45) is 1.74. The number of carbonyl (C=O) groups is 1. The van der Waals surface area contributed by atoms with Crippen LogP contribution < -0.4 is 10.6 Å². The molecule has 1 atom stereocenters. The van der Waals surface area contributed by atoms with Crippen molar-refractivity contribution in [2.75, 3.05) is 18.6 Å². The van der Waals surface area contributed by atoms with Crippen LogP contribution in [0.5, 0.6) is 0 Å². The Morgan fingerprint density at radius 3 is 2.95 bits per heavy atom. The van der Waals surface area contributed by atoms with Crippen LogP contribution in [0.4, 0.5) is 5.69 Å². The Morgan fingerprint density at radius 1 is 1.58 bits per heavy atom. The van der Waals surface area contributed by atoms with E-state index >= 15 is 0 Å². The molecule has 1 aliphatic heterocycles. The van der Waals surface area contributed by atoms with Crippen molar-refractivity contribution < 1.29 is 9.53 Å². The molecule has 1 aromatic carbocycles. The molecule has 6 heteroatoms. The zero-order valence-electron chi connectivity index (χ0n) is 10.6. The van der Waals surface area contributed by atoms with Crippen molar-refractivity contribution >= 4 is 44.8 Å². The summed E-state index contributed by atoms with van der Waals surface area (Å²) in [6, 6.07) is 5.47. The fraction of sp³-hybridized carbons (Fsp3) is 0.385. The molecule has 1 unspecified atom stereocenters. The molecule has 1 heterocycles. The molecule has 2 rings (SSSR count). The number of methoxy groups -OCH3 is 1. The Bertz CT molecular complexity index is 521. The highest BCUT2D eigenvalue weighted by molar-refractivity contribution is 9.10. The van der Waals surface area contributed by atoms with Crippen LogP contribution in [0.15, 0.2) is 22.7 Å². The van der Waals surface area contributed by atoms with Gasteiger partial charge in [0.1, 0.15) is 11.0 Å². The Labute approximate surface area is 126 Å². The first-order chi connectivity index (χ1) is 9.06. The number of nitrogens with two attached hydrogens (primary N) is 1. The lowest BCUT2D eigenvalue weighted by Crippen LogP contribution is -2.38. The summed E-state index contributed by atoms with van der Waals surface area (Å²) in [5.41, 5.74) is 7.45. The molecule has 1 aromatic rings. The number of rotatable bonds is 3. The Kier molecular flexibility index (Phi) is 4.42. The van der Waals surface area contributed by atoms with E-state index in [-0.39, 0.29) is 12.0 Å². The summed E-state index contributed by atoms with van der Waals surface area (Å²) in [7, 11) is 1.41. The van der Waals surface area contributed by atoms with Crippen LogP contribution in [-0.4, -0.2) is 30.7 Å². The first-order valence-electron chi connectivity index (χ1n) is 5.99. The van der Waals surface area contributed by atoms with Gasteiger partial charge in [-0.25, -0.2) is 4.79 Å². The maximum atomic E-state index is 11.8. The second kappa shape index (κ2) is 5.88. The minimum atomic E-state index is -0.257. The molecule has 19 heavy (non-hydrogen) atoms. The van der Waals surface area contributed by atoms with Gasteiger partial charge in [-0.3, -0.25) is 0 Å². The monoisotopic (exact) mass is 342 g/mol. The fourth-order valence-corrected chi connectivity index (χ4v) is 3.35. The van der Waals surface area contributed by atoms with Crippen molar-refractivity contribution in [3.05, 3.63) is 28.2 Å². The molecule has 102 valence electrons. The van der Waals surface area contributed by atoms with Gasteiger partial charge in [-0.1, -0.05) is 18.3 Å². The molecule has 0 aliphatic carbocycles. The van der Waals surface area contributed by atoms with E-state index in [2.05, 4.69) is 15.9 Å².